The van der Waals surface area contributed by atoms with E-state index in [0.717, 1.165) is 18.4 Å². The van der Waals surface area contributed by atoms with Gasteiger partial charge >= 0.3 is 0 Å². The minimum Gasteiger partial charge on any atom is -0.405 e. The fraction of sp³-hybridized carbons (Fsp3) is 0.214. The van der Waals surface area contributed by atoms with E-state index in [1.165, 1.54) is 89.3 Å². The van der Waals surface area contributed by atoms with E-state index in [1.807, 2.05) is 50.3 Å². The molecule has 4 N–H and O–H groups in total. The van der Waals surface area contributed by atoms with Crippen LogP contribution in [0.3, 0.4) is 0 Å². The van der Waals surface area contributed by atoms with Crippen LogP contribution < -0.4 is 11.5 Å². The van der Waals surface area contributed by atoms with Crippen LogP contribution in [0, 0.1) is 0 Å². The largest absolute Gasteiger partial charge is 0.405 e. The molecule has 6 aromatic carbocycles. The Balaban J connectivity index is 0.000000206. The highest BCUT2D eigenvalue weighted by molar-refractivity contribution is 5.89. The number of nitrogens with two attached hydrogens (primary N) is 2. The molecule has 2 heteroatoms. The molecule has 0 aliphatic heterocycles. The number of rotatable bonds is 6. The predicted molar refractivity (Wildman–Crippen MR) is 252 cm³/mol. The van der Waals surface area contributed by atoms with Gasteiger partial charge in [0.25, 0.3) is 0 Å². The first-order chi connectivity index (χ1) is 28.1. The molecule has 2 nitrogen and oxygen atoms in total. The maximum absolute atomic E-state index is 6.14. The first kappa shape index (κ1) is 40.2. The van der Waals surface area contributed by atoms with Crippen molar-refractivity contribution in [3.8, 4) is 22.3 Å². The Labute approximate surface area is 347 Å². The summed E-state index contributed by atoms with van der Waals surface area (Å²) in [6.07, 6.45) is 15.5. The molecule has 0 spiro atoms. The van der Waals surface area contributed by atoms with Gasteiger partial charge in [0, 0.05) is 16.9 Å². The third kappa shape index (κ3) is 7.58. The summed E-state index contributed by atoms with van der Waals surface area (Å²) in [7, 11) is 0. The lowest BCUT2D eigenvalue weighted by Gasteiger charge is -2.23. The molecule has 0 radical (unpaired) electrons. The Kier molecular flexibility index (Phi) is 11.7. The smallest absolute Gasteiger partial charge is 0.0484 e. The Morgan fingerprint density at radius 2 is 1.07 bits per heavy atom. The Bertz CT molecular complexity index is 2620. The van der Waals surface area contributed by atoms with Gasteiger partial charge in [0.1, 0.15) is 0 Å². The van der Waals surface area contributed by atoms with Crippen LogP contribution in [-0.2, 0) is 10.8 Å². The maximum atomic E-state index is 6.14. The summed E-state index contributed by atoms with van der Waals surface area (Å²) in [6, 6.07) is 46.7. The SMILES string of the molecule is CC.CC1=C(c2ccc3c(c2)-c2ccccc2C3(C)C)CCC(c2ccc3c(c2)-c2ccccc2C3(C)C)=C1.N\C=C/C=C\C=C\C(N)c1ccc2ccccc2c1. The summed E-state index contributed by atoms with van der Waals surface area (Å²) in [5.41, 5.74) is 31.1. The van der Waals surface area contributed by atoms with Crippen molar-refractivity contribution in [1.29, 1.82) is 0 Å². The molecule has 0 fully saturated rings. The highest BCUT2D eigenvalue weighted by Gasteiger charge is 2.36. The van der Waals surface area contributed by atoms with Crippen molar-refractivity contribution in [3.05, 3.63) is 215 Å². The first-order valence-electron chi connectivity index (χ1n) is 20.9. The normalized spacial score (nSPS) is 16.2. The maximum Gasteiger partial charge on any atom is 0.0484 e. The summed E-state index contributed by atoms with van der Waals surface area (Å²) in [4.78, 5) is 0. The lowest BCUT2D eigenvalue weighted by Crippen LogP contribution is -2.14. The highest BCUT2D eigenvalue weighted by Crippen LogP contribution is 2.51. The van der Waals surface area contributed by atoms with Gasteiger partial charge < -0.3 is 11.5 Å². The third-order valence-electron chi connectivity index (χ3n) is 12.3. The standard InChI is InChI=1S/C37H34.C17H18N2.C2H6/c1-23-20-24(25-15-18-34-30(21-25)28-10-6-8-12-32(28)36(34,2)3)14-17-27(23)26-16-19-35-31(22-26)29-11-7-9-13-33(29)37(35,4)5;18-12-6-2-1-3-9-17(19)16-11-10-14-7-4-5-8-15(14)13-16;1-2/h6-13,15-16,18-22H,14,17H2,1-5H3;1-13,17H,18-19H2;1-2H3/b;2-1-,9-3+,12-6-;. The molecule has 6 aromatic rings. The summed E-state index contributed by atoms with van der Waals surface area (Å²) in [6.45, 7) is 15.7. The fourth-order valence-electron chi connectivity index (χ4n) is 9.21. The van der Waals surface area contributed by atoms with E-state index in [1.54, 1.807) is 6.08 Å². The van der Waals surface area contributed by atoms with Crippen LogP contribution >= 0.6 is 0 Å². The minimum absolute atomic E-state index is 0.0638. The van der Waals surface area contributed by atoms with Gasteiger partial charge in [-0.25, -0.2) is 0 Å². The average Bonchev–Trinajstić information content (AvgIpc) is 3.63. The zero-order valence-electron chi connectivity index (χ0n) is 35.3. The number of allylic oxidation sites excluding steroid dienone is 8. The lowest BCUT2D eigenvalue weighted by molar-refractivity contribution is 0.660. The van der Waals surface area contributed by atoms with Gasteiger partial charge in [-0.05, 0) is 139 Å². The molecule has 0 aromatic heterocycles. The second kappa shape index (κ2) is 16.9. The summed E-state index contributed by atoms with van der Waals surface area (Å²) in [5, 5.41) is 2.45. The van der Waals surface area contributed by atoms with Crippen LogP contribution in [0.2, 0.25) is 0 Å². The molecule has 0 saturated carbocycles. The molecule has 0 bridgehead atoms. The highest BCUT2D eigenvalue weighted by atomic mass is 14.6. The van der Waals surface area contributed by atoms with Gasteiger partial charge in [0.2, 0.25) is 0 Å². The molecule has 1 atom stereocenters. The molecule has 1 unspecified atom stereocenters. The summed E-state index contributed by atoms with van der Waals surface area (Å²) >= 11 is 0. The third-order valence-corrected chi connectivity index (χ3v) is 12.3. The second-order valence-corrected chi connectivity index (χ2v) is 16.5. The van der Waals surface area contributed by atoms with Crippen molar-refractivity contribution in [3.63, 3.8) is 0 Å². The van der Waals surface area contributed by atoms with E-state index in [0.29, 0.717) is 0 Å². The zero-order chi connectivity index (χ0) is 41.0. The van der Waals surface area contributed by atoms with Gasteiger partial charge in [-0.2, -0.15) is 0 Å². The summed E-state index contributed by atoms with van der Waals surface area (Å²) in [5.74, 6) is 0. The van der Waals surface area contributed by atoms with Gasteiger partial charge in [-0.15, -0.1) is 0 Å². The van der Waals surface area contributed by atoms with Gasteiger partial charge in [0.15, 0.2) is 0 Å². The molecule has 0 amide bonds. The summed E-state index contributed by atoms with van der Waals surface area (Å²) < 4.78 is 0. The topological polar surface area (TPSA) is 52.0 Å². The quantitative estimate of drug-likeness (QED) is 0.166. The Hall–Kier alpha value is -5.96. The van der Waals surface area contributed by atoms with Crippen molar-refractivity contribution < 1.29 is 0 Å². The molecule has 9 rings (SSSR count). The van der Waals surface area contributed by atoms with Crippen LogP contribution in [0.15, 0.2) is 176 Å². The van der Waals surface area contributed by atoms with E-state index in [4.69, 9.17) is 11.5 Å². The number of benzene rings is 6. The van der Waals surface area contributed by atoms with Crippen molar-refractivity contribution >= 4 is 21.9 Å². The number of hydrogen-bond donors (Lipinski definition) is 2. The van der Waals surface area contributed by atoms with Crippen LogP contribution in [0.5, 0.6) is 0 Å². The van der Waals surface area contributed by atoms with Crippen molar-refractivity contribution in [1.82, 2.24) is 0 Å². The predicted octanol–water partition coefficient (Wildman–Crippen LogP) is 14.4. The molecule has 0 saturated heterocycles. The lowest BCUT2D eigenvalue weighted by atomic mass is 9.80. The van der Waals surface area contributed by atoms with Crippen molar-refractivity contribution in [2.75, 3.05) is 0 Å². The molecular formula is C56H58N2. The Morgan fingerprint density at radius 3 is 1.69 bits per heavy atom. The average molecular weight is 759 g/mol. The van der Waals surface area contributed by atoms with E-state index in [-0.39, 0.29) is 16.9 Å². The van der Waals surface area contributed by atoms with E-state index >= 15 is 0 Å². The van der Waals surface area contributed by atoms with Gasteiger partial charge in [-0.1, -0.05) is 181 Å². The van der Waals surface area contributed by atoms with Gasteiger partial charge in [0.05, 0.1) is 0 Å². The van der Waals surface area contributed by atoms with E-state index in [9.17, 15) is 0 Å². The van der Waals surface area contributed by atoms with Crippen LogP contribution in [0.4, 0.5) is 0 Å². The van der Waals surface area contributed by atoms with Crippen LogP contribution in [0.1, 0.15) is 106 Å². The fourth-order valence-corrected chi connectivity index (χ4v) is 9.21. The molecule has 3 aliphatic carbocycles. The molecule has 3 aliphatic rings. The van der Waals surface area contributed by atoms with Crippen molar-refractivity contribution in [2.45, 2.75) is 78.2 Å². The minimum atomic E-state index is -0.101. The van der Waals surface area contributed by atoms with E-state index < -0.39 is 0 Å². The van der Waals surface area contributed by atoms with Crippen LogP contribution in [0.25, 0.3) is 44.2 Å². The molecule has 58 heavy (non-hydrogen) atoms. The molecule has 0 heterocycles. The number of hydrogen-bond acceptors (Lipinski definition) is 2. The van der Waals surface area contributed by atoms with Gasteiger partial charge in [-0.3, -0.25) is 0 Å². The first-order valence-corrected chi connectivity index (χ1v) is 20.9. The monoisotopic (exact) mass is 758 g/mol. The number of fused-ring (bicyclic) bond motifs is 7. The van der Waals surface area contributed by atoms with Crippen molar-refractivity contribution in [2.24, 2.45) is 11.5 Å². The van der Waals surface area contributed by atoms with Crippen LogP contribution in [-0.4, -0.2) is 0 Å². The molecular weight excluding hydrogens is 701 g/mol. The zero-order valence-corrected chi connectivity index (χ0v) is 35.3. The van der Waals surface area contributed by atoms with E-state index in [2.05, 4.69) is 156 Å². The second-order valence-electron chi connectivity index (χ2n) is 16.5. The Morgan fingerprint density at radius 1 is 0.534 bits per heavy atom. The molecule has 292 valence electrons.